The van der Waals surface area contributed by atoms with Gasteiger partial charge < -0.3 is 11.1 Å². The van der Waals surface area contributed by atoms with Gasteiger partial charge in [-0.25, -0.2) is 0 Å². The molecule has 2 rings (SSSR count). The smallest absolute Gasteiger partial charge is 0.380 e. The normalized spacial score (nSPS) is 11.3. The Kier molecular flexibility index (Phi) is 4.40. The summed E-state index contributed by atoms with van der Waals surface area (Å²) in [5.74, 6) is -0.621. The predicted octanol–water partition coefficient (Wildman–Crippen LogP) is 3.72. The molecule has 116 valence electrons. The number of aryl methyl sites for hydroxylation is 1. The predicted molar refractivity (Wildman–Crippen MR) is 78.5 cm³/mol. The Balaban J connectivity index is 2.29. The van der Waals surface area contributed by atoms with E-state index in [0.29, 0.717) is 11.3 Å². The number of alkyl halides is 3. The van der Waals surface area contributed by atoms with Crippen molar-refractivity contribution in [2.75, 3.05) is 5.32 Å². The molecule has 1 amide bonds. The highest BCUT2D eigenvalue weighted by Crippen LogP contribution is 2.32. The van der Waals surface area contributed by atoms with Gasteiger partial charge in [0.2, 0.25) is 0 Å². The Morgan fingerprint density at radius 1 is 1.14 bits per heavy atom. The van der Waals surface area contributed by atoms with Gasteiger partial charge in [-0.05, 0) is 30.2 Å². The summed E-state index contributed by atoms with van der Waals surface area (Å²) in [5.41, 5.74) is 6.10. The second-order valence-electron chi connectivity index (χ2n) is 4.87. The molecule has 2 aromatic rings. The Morgan fingerprint density at radius 2 is 1.82 bits per heavy atom. The number of primary amides is 1. The number of anilines is 1. The van der Waals surface area contributed by atoms with Crippen LogP contribution in [0, 0.1) is 6.92 Å². The van der Waals surface area contributed by atoms with Crippen molar-refractivity contribution in [3.8, 4) is 0 Å². The molecule has 0 aliphatic heterocycles. The highest BCUT2D eigenvalue weighted by atomic mass is 19.4. The van der Waals surface area contributed by atoms with Crippen molar-refractivity contribution >= 4 is 11.6 Å². The van der Waals surface area contributed by atoms with E-state index in [-0.39, 0.29) is 17.7 Å². The molecule has 0 saturated carbocycles. The number of nitrogens with one attached hydrogen (secondary N) is 1. The highest BCUT2D eigenvalue weighted by molar-refractivity contribution is 5.99. The van der Waals surface area contributed by atoms with E-state index in [1.165, 1.54) is 18.2 Å². The molecule has 3 nitrogen and oxygen atoms in total. The van der Waals surface area contributed by atoms with Crippen LogP contribution in [0.3, 0.4) is 0 Å². The first-order valence-corrected chi connectivity index (χ1v) is 6.59. The van der Waals surface area contributed by atoms with Crippen LogP contribution < -0.4 is 11.1 Å². The lowest BCUT2D eigenvalue weighted by molar-refractivity contribution is -0.138. The molecule has 0 bridgehead atoms. The highest BCUT2D eigenvalue weighted by Gasteiger charge is 2.32. The van der Waals surface area contributed by atoms with E-state index in [1.807, 2.05) is 0 Å². The molecule has 0 aliphatic rings. The molecule has 3 N–H and O–H groups in total. The number of benzene rings is 2. The third-order valence-corrected chi connectivity index (χ3v) is 3.31. The maximum Gasteiger partial charge on any atom is 0.416 e. The van der Waals surface area contributed by atoms with Gasteiger partial charge in [-0.15, -0.1) is 0 Å². The molecule has 0 heterocycles. The molecule has 0 unspecified atom stereocenters. The fourth-order valence-electron chi connectivity index (χ4n) is 2.28. The molecule has 0 saturated heterocycles. The number of hydrogen-bond acceptors (Lipinski definition) is 2. The fraction of sp³-hybridized carbons (Fsp3) is 0.188. The summed E-state index contributed by atoms with van der Waals surface area (Å²) >= 11 is 0. The second kappa shape index (κ2) is 6.09. The largest absolute Gasteiger partial charge is 0.416 e. The SMILES string of the molecule is Cc1cccc(NCc2ccccc2C(F)(F)F)c1C(N)=O. The van der Waals surface area contributed by atoms with Crippen LogP contribution in [0.2, 0.25) is 0 Å². The molecule has 22 heavy (non-hydrogen) atoms. The molecule has 6 heteroatoms. The Hall–Kier alpha value is -2.50. The van der Waals surface area contributed by atoms with E-state index in [1.54, 1.807) is 25.1 Å². The lowest BCUT2D eigenvalue weighted by Crippen LogP contribution is -2.17. The maximum absolute atomic E-state index is 12.9. The van der Waals surface area contributed by atoms with Crippen LogP contribution in [0.25, 0.3) is 0 Å². The summed E-state index contributed by atoms with van der Waals surface area (Å²) in [6.45, 7) is 1.66. The van der Waals surface area contributed by atoms with Crippen LogP contribution in [-0.4, -0.2) is 5.91 Å². The lowest BCUT2D eigenvalue weighted by atomic mass is 10.0. The third-order valence-electron chi connectivity index (χ3n) is 3.31. The van der Waals surface area contributed by atoms with Crippen molar-refractivity contribution in [1.82, 2.24) is 0 Å². The lowest BCUT2D eigenvalue weighted by Gasteiger charge is -2.15. The first-order valence-electron chi connectivity index (χ1n) is 6.59. The van der Waals surface area contributed by atoms with Gasteiger partial charge >= 0.3 is 6.18 Å². The molecule has 0 radical (unpaired) electrons. The first kappa shape index (κ1) is 15.9. The van der Waals surface area contributed by atoms with Crippen LogP contribution in [0.4, 0.5) is 18.9 Å². The molecule has 2 aromatic carbocycles. The second-order valence-corrected chi connectivity index (χ2v) is 4.87. The van der Waals surface area contributed by atoms with Crippen molar-refractivity contribution < 1.29 is 18.0 Å². The Labute approximate surface area is 125 Å². The summed E-state index contributed by atoms with van der Waals surface area (Å²) in [6, 6.07) is 10.3. The van der Waals surface area contributed by atoms with Gasteiger partial charge in [0.25, 0.3) is 5.91 Å². The molecule has 0 aromatic heterocycles. The average Bonchev–Trinajstić information content (AvgIpc) is 2.44. The molecule has 0 aliphatic carbocycles. The van der Waals surface area contributed by atoms with Crippen molar-refractivity contribution in [1.29, 1.82) is 0 Å². The number of carbonyl (C=O) groups is 1. The van der Waals surface area contributed by atoms with Crippen LogP contribution in [0.15, 0.2) is 42.5 Å². The third kappa shape index (κ3) is 3.39. The van der Waals surface area contributed by atoms with Crippen LogP contribution in [0.5, 0.6) is 0 Å². The summed E-state index contributed by atoms with van der Waals surface area (Å²) in [5, 5.41) is 2.86. The minimum absolute atomic E-state index is 0.0561. The summed E-state index contributed by atoms with van der Waals surface area (Å²) in [6.07, 6.45) is -4.42. The van der Waals surface area contributed by atoms with Gasteiger partial charge in [-0.2, -0.15) is 13.2 Å². The number of rotatable bonds is 4. The van der Waals surface area contributed by atoms with Gasteiger partial charge in [0.15, 0.2) is 0 Å². The molecule has 0 spiro atoms. The van der Waals surface area contributed by atoms with E-state index in [4.69, 9.17) is 5.73 Å². The number of hydrogen-bond donors (Lipinski definition) is 2. The van der Waals surface area contributed by atoms with Crippen molar-refractivity contribution in [2.24, 2.45) is 5.73 Å². The zero-order valence-corrected chi connectivity index (χ0v) is 11.9. The average molecular weight is 308 g/mol. The van der Waals surface area contributed by atoms with Gasteiger partial charge in [0, 0.05) is 12.2 Å². The summed E-state index contributed by atoms with van der Waals surface area (Å²) in [7, 11) is 0. The zero-order chi connectivity index (χ0) is 16.3. The zero-order valence-electron chi connectivity index (χ0n) is 11.9. The van der Waals surface area contributed by atoms with Crippen LogP contribution in [-0.2, 0) is 12.7 Å². The fourth-order valence-corrected chi connectivity index (χ4v) is 2.28. The van der Waals surface area contributed by atoms with Gasteiger partial charge in [-0.1, -0.05) is 30.3 Å². The molecular formula is C16H15F3N2O. The quantitative estimate of drug-likeness (QED) is 0.904. The minimum atomic E-state index is -4.42. The van der Waals surface area contributed by atoms with Crippen molar-refractivity contribution in [3.05, 3.63) is 64.7 Å². The van der Waals surface area contributed by atoms with Crippen LogP contribution >= 0.6 is 0 Å². The number of nitrogens with two attached hydrogens (primary N) is 1. The standard InChI is InChI=1S/C16H15F3N2O/c1-10-5-4-8-13(14(10)15(20)22)21-9-11-6-2-3-7-12(11)16(17,18)19/h2-8,21H,9H2,1H3,(H2,20,22). The summed E-state index contributed by atoms with van der Waals surface area (Å²) < 4.78 is 38.8. The van der Waals surface area contributed by atoms with Gasteiger partial charge in [0.1, 0.15) is 0 Å². The molecule has 0 fully saturated rings. The Morgan fingerprint density at radius 3 is 2.45 bits per heavy atom. The maximum atomic E-state index is 12.9. The van der Waals surface area contributed by atoms with Crippen molar-refractivity contribution in [2.45, 2.75) is 19.6 Å². The molecule has 0 atom stereocenters. The van der Waals surface area contributed by atoms with E-state index >= 15 is 0 Å². The monoisotopic (exact) mass is 308 g/mol. The summed E-state index contributed by atoms with van der Waals surface area (Å²) in [4.78, 5) is 11.5. The van der Waals surface area contributed by atoms with Gasteiger partial charge in [-0.3, -0.25) is 4.79 Å². The van der Waals surface area contributed by atoms with E-state index in [9.17, 15) is 18.0 Å². The van der Waals surface area contributed by atoms with Crippen molar-refractivity contribution in [3.63, 3.8) is 0 Å². The molecular weight excluding hydrogens is 293 g/mol. The topological polar surface area (TPSA) is 55.1 Å². The minimum Gasteiger partial charge on any atom is -0.380 e. The first-order chi connectivity index (χ1) is 10.3. The van der Waals surface area contributed by atoms with Gasteiger partial charge in [0.05, 0.1) is 11.1 Å². The Bertz CT molecular complexity index is 696. The number of carbonyl (C=O) groups excluding carboxylic acids is 1. The number of halogens is 3. The van der Waals surface area contributed by atoms with E-state index in [2.05, 4.69) is 5.32 Å². The number of amides is 1. The van der Waals surface area contributed by atoms with E-state index < -0.39 is 17.6 Å². The van der Waals surface area contributed by atoms with Crippen LogP contribution in [0.1, 0.15) is 27.0 Å². The van der Waals surface area contributed by atoms with E-state index in [0.717, 1.165) is 6.07 Å².